The Morgan fingerprint density at radius 3 is 2.19 bits per heavy atom. The van der Waals surface area contributed by atoms with Crippen LogP contribution < -0.4 is 0 Å². The van der Waals surface area contributed by atoms with E-state index < -0.39 is 0 Å². The molecule has 0 amide bonds. The monoisotopic (exact) mass is 220 g/mol. The SMILES string of the molecule is CC(C)(C)CCc1nccc(C(C)(C)C)n1. The van der Waals surface area contributed by atoms with Crippen molar-refractivity contribution in [3.05, 3.63) is 23.8 Å². The topological polar surface area (TPSA) is 25.8 Å². The molecule has 0 radical (unpaired) electrons. The van der Waals surface area contributed by atoms with Gasteiger partial charge in [0.1, 0.15) is 5.82 Å². The van der Waals surface area contributed by atoms with Crippen molar-refractivity contribution < 1.29 is 0 Å². The van der Waals surface area contributed by atoms with Gasteiger partial charge in [-0.3, -0.25) is 0 Å². The summed E-state index contributed by atoms with van der Waals surface area (Å²) in [4.78, 5) is 8.98. The van der Waals surface area contributed by atoms with Crippen LogP contribution in [0.25, 0.3) is 0 Å². The Labute approximate surface area is 99.5 Å². The Bertz CT molecular complexity index is 342. The van der Waals surface area contributed by atoms with Gasteiger partial charge in [-0.1, -0.05) is 41.5 Å². The zero-order valence-electron chi connectivity index (χ0n) is 11.5. The fourth-order valence-corrected chi connectivity index (χ4v) is 1.42. The van der Waals surface area contributed by atoms with Gasteiger partial charge in [-0.15, -0.1) is 0 Å². The Morgan fingerprint density at radius 1 is 1.06 bits per heavy atom. The molecule has 0 saturated heterocycles. The molecule has 16 heavy (non-hydrogen) atoms. The third-order valence-electron chi connectivity index (χ3n) is 2.57. The molecule has 0 aliphatic heterocycles. The molecule has 0 spiro atoms. The van der Waals surface area contributed by atoms with Crippen LogP contribution in [0.2, 0.25) is 0 Å². The van der Waals surface area contributed by atoms with Crippen molar-refractivity contribution in [3.8, 4) is 0 Å². The molecule has 1 heterocycles. The highest BCUT2D eigenvalue weighted by Gasteiger charge is 2.17. The Hall–Kier alpha value is -0.920. The lowest BCUT2D eigenvalue weighted by Crippen LogP contribution is -2.16. The minimum atomic E-state index is 0.111. The van der Waals surface area contributed by atoms with Gasteiger partial charge in [-0.25, -0.2) is 9.97 Å². The van der Waals surface area contributed by atoms with Crippen LogP contribution in [0.3, 0.4) is 0 Å². The molecule has 0 unspecified atom stereocenters. The number of aryl methyl sites for hydroxylation is 1. The van der Waals surface area contributed by atoms with E-state index in [1.165, 1.54) is 0 Å². The van der Waals surface area contributed by atoms with Crippen molar-refractivity contribution >= 4 is 0 Å². The maximum atomic E-state index is 4.64. The summed E-state index contributed by atoms with van der Waals surface area (Å²) in [5.74, 6) is 0.974. The fraction of sp³-hybridized carbons (Fsp3) is 0.714. The van der Waals surface area contributed by atoms with Gasteiger partial charge in [0.15, 0.2) is 0 Å². The normalized spacial score (nSPS) is 12.9. The summed E-state index contributed by atoms with van der Waals surface area (Å²) in [6.45, 7) is 13.3. The first-order valence-electron chi connectivity index (χ1n) is 6.01. The molecule has 1 aromatic rings. The van der Waals surface area contributed by atoms with Gasteiger partial charge >= 0.3 is 0 Å². The molecule has 0 saturated carbocycles. The molecule has 2 heteroatoms. The second kappa shape index (κ2) is 4.52. The van der Waals surface area contributed by atoms with Gasteiger partial charge in [0.05, 0.1) is 0 Å². The summed E-state index contributed by atoms with van der Waals surface area (Å²) >= 11 is 0. The van der Waals surface area contributed by atoms with Crippen LogP contribution in [0.1, 0.15) is 59.5 Å². The van der Waals surface area contributed by atoms with Gasteiger partial charge < -0.3 is 0 Å². The molecule has 1 rings (SSSR count). The van der Waals surface area contributed by atoms with Crippen molar-refractivity contribution in [1.29, 1.82) is 0 Å². The van der Waals surface area contributed by atoms with Crippen LogP contribution in [0, 0.1) is 5.41 Å². The molecule has 0 aromatic carbocycles. The van der Waals surface area contributed by atoms with Gasteiger partial charge in [-0.2, -0.15) is 0 Å². The Balaban J connectivity index is 2.76. The predicted octanol–water partition coefficient (Wildman–Crippen LogP) is 3.75. The molecule has 0 fully saturated rings. The largest absolute Gasteiger partial charge is 0.241 e. The van der Waals surface area contributed by atoms with E-state index in [0.717, 1.165) is 24.4 Å². The van der Waals surface area contributed by atoms with E-state index in [9.17, 15) is 0 Å². The first-order chi connectivity index (χ1) is 7.18. The first kappa shape index (κ1) is 13.1. The number of hydrogen-bond acceptors (Lipinski definition) is 2. The van der Waals surface area contributed by atoms with Crippen LogP contribution >= 0.6 is 0 Å². The quantitative estimate of drug-likeness (QED) is 0.758. The fourth-order valence-electron chi connectivity index (χ4n) is 1.42. The average Bonchev–Trinajstić information content (AvgIpc) is 2.13. The maximum absolute atomic E-state index is 4.64. The van der Waals surface area contributed by atoms with Crippen molar-refractivity contribution in [2.75, 3.05) is 0 Å². The molecular weight excluding hydrogens is 196 g/mol. The lowest BCUT2D eigenvalue weighted by molar-refractivity contribution is 0.373. The van der Waals surface area contributed by atoms with Crippen molar-refractivity contribution in [2.24, 2.45) is 5.41 Å². The van der Waals surface area contributed by atoms with Gasteiger partial charge in [0.25, 0.3) is 0 Å². The summed E-state index contributed by atoms with van der Waals surface area (Å²) in [5.41, 5.74) is 1.59. The Morgan fingerprint density at radius 2 is 1.69 bits per heavy atom. The second-order valence-corrected chi connectivity index (χ2v) is 6.67. The number of aromatic nitrogens is 2. The van der Waals surface area contributed by atoms with E-state index in [0.29, 0.717) is 5.41 Å². The lowest BCUT2D eigenvalue weighted by atomic mass is 9.90. The van der Waals surface area contributed by atoms with E-state index in [4.69, 9.17) is 0 Å². The van der Waals surface area contributed by atoms with Crippen LogP contribution in [-0.2, 0) is 11.8 Å². The van der Waals surface area contributed by atoms with Crippen molar-refractivity contribution in [2.45, 2.75) is 59.8 Å². The highest BCUT2D eigenvalue weighted by molar-refractivity contribution is 5.12. The van der Waals surface area contributed by atoms with Crippen LogP contribution in [-0.4, -0.2) is 9.97 Å². The molecule has 90 valence electrons. The zero-order valence-corrected chi connectivity index (χ0v) is 11.5. The van der Waals surface area contributed by atoms with Crippen LogP contribution in [0.5, 0.6) is 0 Å². The Kier molecular flexibility index (Phi) is 3.72. The third kappa shape index (κ3) is 4.30. The molecule has 0 N–H and O–H groups in total. The minimum Gasteiger partial charge on any atom is -0.241 e. The molecule has 1 aromatic heterocycles. The number of rotatable bonds is 2. The number of hydrogen-bond donors (Lipinski definition) is 0. The van der Waals surface area contributed by atoms with E-state index in [1.54, 1.807) is 0 Å². The van der Waals surface area contributed by atoms with E-state index >= 15 is 0 Å². The molecule has 0 atom stereocenters. The third-order valence-corrected chi connectivity index (χ3v) is 2.57. The highest BCUT2D eigenvalue weighted by Crippen LogP contribution is 2.22. The second-order valence-electron chi connectivity index (χ2n) is 6.67. The first-order valence-corrected chi connectivity index (χ1v) is 6.01. The summed E-state index contributed by atoms with van der Waals surface area (Å²) in [5, 5.41) is 0. The molecular formula is C14H24N2. The molecule has 0 aliphatic rings. The zero-order chi connectivity index (χ0) is 12.4. The van der Waals surface area contributed by atoms with Gasteiger partial charge in [-0.05, 0) is 17.9 Å². The molecule has 0 bridgehead atoms. The summed E-state index contributed by atoms with van der Waals surface area (Å²) in [6.07, 6.45) is 3.97. The van der Waals surface area contributed by atoms with E-state index in [1.807, 2.05) is 12.3 Å². The smallest absolute Gasteiger partial charge is 0.128 e. The maximum Gasteiger partial charge on any atom is 0.128 e. The van der Waals surface area contributed by atoms with E-state index in [2.05, 4.69) is 51.5 Å². The summed E-state index contributed by atoms with van der Waals surface area (Å²) < 4.78 is 0. The molecule has 2 nitrogen and oxygen atoms in total. The van der Waals surface area contributed by atoms with E-state index in [-0.39, 0.29) is 5.41 Å². The summed E-state index contributed by atoms with van der Waals surface area (Å²) in [7, 11) is 0. The standard InChI is InChI=1S/C14H24N2/c1-13(2,3)9-7-12-15-10-8-11(16-12)14(4,5)6/h8,10H,7,9H2,1-6H3. The highest BCUT2D eigenvalue weighted by atomic mass is 14.9. The van der Waals surface area contributed by atoms with Crippen LogP contribution in [0.4, 0.5) is 0 Å². The van der Waals surface area contributed by atoms with Gasteiger partial charge in [0.2, 0.25) is 0 Å². The van der Waals surface area contributed by atoms with Crippen molar-refractivity contribution in [3.63, 3.8) is 0 Å². The van der Waals surface area contributed by atoms with Gasteiger partial charge in [0, 0.05) is 23.7 Å². The predicted molar refractivity (Wildman–Crippen MR) is 68.5 cm³/mol. The minimum absolute atomic E-state index is 0.111. The lowest BCUT2D eigenvalue weighted by Gasteiger charge is -2.20. The van der Waals surface area contributed by atoms with Crippen LogP contribution in [0.15, 0.2) is 12.3 Å². The molecule has 0 aliphatic carbocycles. The van der Waals surface area contributed by atoms with Crippen molar-refractivity contribution in [1.82, 2.24) is 9.97 Å². The average molecular weight is 220 g/mol. The summed E-state index contributed by atoms with van der Waals surface area (Å²) in [6, 6.07) is 2.01. The number of nitrogens with zero attached hydrogens (tertiary/aromatic N) is 2.